The molecule has 2 aliphatic carbocycles. The van der Waals surface area contributed by atoms with Crippen LogP contribution in [0.15, 0.2) is 0 Å². The second kappa shape index (κ2) is 6.75. The van der Waals surface area contributed by atoms with E-state index in [9.17, 15) is 10.2 Å². The standard InChI is InChI=1S/C15H28O2/c16-14(12-7-3-1-4-8-12)11-15(17)13-9-5-2-6-10-13/h12-17H,1-11H2/t14-,15-/m1/s1. The molecule has 0 aromatic rings. The van der Waals surface area contributed by atoms with E-state index in [-0.39, 0.29) is 12.2 Å². The number of hydrogen-bond donors (Lipinski definition) is 2. The van der Waals surface area contributed by atoms with Crippen molar-refractivity contribution in [3.05, 3.63) is 0 Å². The van der Waals surface area contributed by atoms with Crippen LogP contribution in [-0.2, 0) is 0 Å². The van der Waals surface area contributed by atoms with Crippen molar-refractivity contribution in [1.29, 1.82) is 0 Å². The maximum Gasteiger partial charge on any atom is 0.0593 e. The van der Waals surface area contributed by atoms with E-state index in [1.165, 1.54) is 64.2 Å². The summed E-state index contributed by atoms with van der Waals surface area (Å²) in [5.74, 6) is 0.920. The van der Waals surface area contributed by atoms with Gasteiger partial charge in [0.05, 0.1) is 12.2 Å². The lowest BCUT2D eigenvalue weighted by Crippen LogP contribution is -2.32. The monoisotopic (exact) mass is 240 g/mol. The SMILES string of the molecule is O[C@H](C[C@@H](O)C1CCCCC1)C1CCCCC1. The largest absolute Gasteiger partial charge is 0.393 e. The maximum atomic E-state index is 10.2. The third-order valence-electron chi connectivity index (χ3n) is 4.87. The number of aliphatic hydroxyl groups is 2. The molecule has 0 aliphatic heterocycles. The van der Waals surface area contributed by atoms with Crippen molar-refractivity contribution in [2.45, 2.75) is 82.8 Å². The molecule has 2 heteroatoms. The summed E-state index contributed by atoms with van der Waals surface area (Å²) < 4.78 is 0. The molecule has 2 rings (SSSR count). The second-order valence-electron chi connectivity index (χ2n) is 6.17. The van der Waals surface area contributed by atoms with Crippen LogP contribution in [0.5, 0.6) is 0 Å². The molecular formula is C15H28O2. The third-order valence-corrected chi connectivity index (χ3v) is 4.87. The first-order valence-electron chi connectivity index (χ1n) is 7.63. The van der Waals surface area contributed by atoms with Gasteiger partial charge in [-0.1, -0.05) is 38.5 Å². The molecule has 2 nitrogen and oxygen atoms in total. The first-order valence-corrected chi connectivity index (χ1v) is 7.63. The van der Waals surface area contributed by atoms with Gasteiger partial charge < -0.3 is 10.2 Å². The Morgan fingerprint density at radius 3 is 1.35 bits per heavy atom. The van der Waals surface area contributed by atoms with Crippen LogP contribution < -0.4 is 0 Å². The van der Waals surface area contributed by atoms with Gasteiger partial charge in [-0.3, -0.25) is 0 Å². The van der Waals surface area contributed by atoms with Gasteiger partial charge in [0, 0.05) is 0 Å². The van der Waals surface area contributed by atoms with E-state index in [1.54, 1.807) is 0 Å². The zero-order valence-corrected chi connectivity index (χ0v) is 11.0. The average Bonchev–Trinajstić information content (AvgIpc) is 2.40. The van der Waals surface area contributed by atoms with Gasteiger partial charge >= 0.3 is 0 Å². The highest BCUT2D eigenvalue weighted by Gasteiger charge is 2.28. The summed E-state index contributed by atoms with van der Waals surface area (Å²) in [5, 5.41) is 20.4. The Labute approximate surface area is 105 Å². The van der Waals surface area contributed by atoms with Gasteiger partial charge in [-0.05, 0) is 43.9 Å². The smallest absolute Gasteiger partial charge is 0.0593 e. The summed E-state index contributed by atoms with van der Waals surface area (Å²) in [6.07, 6.45) is 12.5. The second-order valence-corrected chi connectivity index (χ2v) is 6.17. The summed E-state index contributed by atoms with van der Waals surface area (Å²) in [7, 11) is 0. The van der Waals surface area contributed by atoms with Gasteiger partial charge in [-0.15, -0.1) is 0 Å². The molecule has 0 saturated heterocycles. The van der Waals surface area contributed by atoms with Crippen molar-refractivity contribution in [2.75, 3.05) is 0 Å². The van der Waals surface area contributed by atoms with Crippen LogP contribution in [0.1, 0.15) is 70.6 Å². The minimum Gasteiger partial charge on any atom is -0.393 e. The fraction of sp³-hybridized carbons (Fsp3) is 1.00. The van der Waals surface area contributed by atoms with E-state index < -0.39 is 0 Å². The molecule has 17 heavy (non-hydrogen) atoms. The van der Waals surface area contributed by atoms with E-state index in [4.69, 9.17) is 0 Å². The third kappa shape index (κ3) is 3.96. The summed E-state index contributed by atoms with van der Waals surface area (Å²) >= 11 is 0. The molecular weight excluding hydrogens is 212 g/mol. The Bertz CT molecular complexity index is 183. The van der Waals surface area contributed by atoms with Crippen LogP contribution >= 0.6 is 0 Å². The van der Waals surface area contributed by atoms with Crippen molar-refractivity contribution in [2.24, 2.45) is 11.8 Å². The zero-order chi connectivity index (χ0) is 12.1. The Morgan fingerprint density at radius 2 is 1.00 bits per heavy atom. The quantitative estimate of drug-likeness (QED) is 0.792. The fourth-order valence-electron chi connectivity index (χ4n) is 3.67. The molecule has 2 fully saturated rings. The molecule has 0 aromatic heterocycles. The molecule has 0 aromatic carbocycles. The molecule has 0 bridgehead atoms. The predicted molar refractivity (Wildman–Crippen MR) is 69.8 cm³/mol. The minimum absolute atomic E-state index is 0.257. The van der Waals surface area contributed by atoms with Crippen LogP contribution in [0.4, 0.5) is 0 Å². The van der Waals surface area contributed by atoms with Gasteiger partial charge in [0.2, 0.25) is 0 Å². The normalized spacial score (nSPS) is 27.9. The number of rotatable bonds is 4. The Balaban J connectivity index is 1.74. The lowest BCUT2D eigenvalue weighted by atomic mass is 9.79. The number of hydrogen-bond acceptors (Lipinski definition) is 2. The molecule has 2 N–H and O–H groups in total. The summed E-state index contributed by atoms with van der Waals surface area (Å²) in [6.45, 7) is 0. The van der Waals surface area contributed by atoms with Crippen LogP contribution in [0.3, 0.4) is 0 Å². The Kier molecular flexibility index (Phi) is 5.30. The molecule has 2 aliphatic rings. The summed E-state index contributed by atoms with van der Waals surface area (Å²) in [6, 6.07) is 0. The molecule has 0 radical (unpaired) electrons. The molecule has 0 heterocycles. The van der Waals surface area contributed by atoms with Gasteiger partial charge in [0.15, 0.2) is 0 Å². The van der Waals surface area contributed by atoms with Crippen molar-refractivity contribution >= 4 is 0 Å². The Hall–Kier alpha value is -0.0800. The summed E-state index contributed by atoms with van der Waals surface area (Å²) in [5.41, 5.74) is 0. The van der Waals surface area contributed by atoms with E-state index in [0.29, 0.717) is 18.3 Å². The molecule has 2 saturated carbocycles. The van der Waals surface area contributed by atoms with Gasteiger partial charge in [0.1, 0.15) is 0 Å². The Morgan fingerprint density at radius 1 is 0.647 bits per heavy atom. The fourth-order valence-corrected chi connectivity index (χ4v) is 3.67. The van der Waals surface area contributed by atoms with Gasteiger partial charge in [-0.2, -0.15) is 0 Å². The van der Waals surface area contributed by atoms with Crippen molar-refractivity contribution in [3.63, 3.8) is 0 Å². The van der Waals surface area contributed by atoms with E-state index in [0.717, 1.165) is 0 Å². The van der Waals surface area contributed by atoms with Crippen LogP contribution in [0, 0.1) is 11.8 Å². The highest BCUT2D eigenvalue weighted by atomic mass is 16.3. The van der Waals surface area contributed by atoms with Crippen LogP contribution in [-0.4, -0.2) is 22.4 Å². The highest BCUT2D eigenvalue weighted by molar-refractivity contribution is 4.80. The molecule has 0 amide bonds. The van der Waals surface area contributed by atoms with Crippen LogP contribution in [0.25, 0.3) is 0 Å². The van der Waals surface area contributed by atoms with Crippen LogP contribution in [0.2, 0.25) is 0 Å². The van der Waals surface area contributed by atoms with Crippen molar-refractivity contribution in [3.8, 4) is 0 Å². The minimum atomic E-state index is -0.257. The average molecular weight is 240 g/mol. The molecule has 0 unspecified atom stereocenters. The topological polar surface area (TPSA) is 40.5 Å². The van der Waals surface area contributed by atoms with Gasteiger partial charge in [-0.25, -0.2) is 0 Å². The van der Waals surface area contributed by atoms with Gasteiger partial charge in [0.25, 0.3) is 0 Å². The lowest BCUT2D eigenvalue weighted by Gasteiger charge is -2.32. The predicted octanol–water partition coefficient (Wildman–Crippen LogP) is 3.26. The van der Waals surface area contributed by atoms with E-state index in [2.05, 4.69) is 0 Å². The summed E-state index contributed by atoms with van der Waals surface area (Å²) in [4.78, 5) is 0. The highest BCUT2D eigenvalue weighted by Crippen LogP contribution is 2.32. The zero-order valence-electron chi connectivity index (χ0n) is 11.0. The number of aliphatic hydroxyl groups excluding tert-OH is 2. The van der Waals surface area contributed by atoms with Crippen molar-refractivity contribution in [1.82, 2.24) is 0 Å². The molecule has 100 valence electrons. The molecule has 0 spiro atoms. The molecule has 2 atom stereocenters. The maximum absolute atomic E-state index is 10.2. The van der Waals surface area contributed by atoms with E-state index >= 15 is 0 Å². The first kappa shape index (κ1) is 13.4. The van der Waals surface area contributed by atoms with E-state index in [1.807, 2.05) is 0 Å². The lowest BCUT2D eigenvalue weighted by molar-refractivity contribution is 0.000803. The first-order chi connectivity index (χ1) is 8.27. The van der Waals surface area contributed by atoms with Crippen molar-refractivity contribution < 1.29 is 10.2 Å².